The molecule has 1 saturated heterocycles. The Morgan fingerprint density at radius 3 is 2.62 bits per heavy atom. The first-order chi connectivity index (χ1) is 16.5. The summed E-state index contributed by atoms with van der Waals surface area (Å²) in [5.74, 6) is 1.26. The van der Waals surface area contributed by atoms with Crippen molar-refractivity contribution in [2.45, 2.75) is 24.9 Å². The second-order valence-corrected chi connectivity index (χ2v) is 9.78. The van der Waals surface area contributed by atoms with Crippen LogP contribution in [0.5, 0.6) is 5.75 Å². The summed E-state index contributed by atoms with van der Waals surface area (Å²) in [4.78, 5) is 29.9. The minimum atomic E-state index is -1.10. The summed E-state index contributed by atoms with van der Waals surface area (Å²) in [6, 6.07) is 23.3. The Hall–Kier alpha value is -3.45. The number of hydrogen-bond acceptors (Lipinski definition) is 4. The molecule has 3 aromatic carbocycles. The zero-order valence-electron chi connectivity index (χ0n) is 19.3. The van der Waals surface area contributed by atoms with Crippen molar-refractivity contribution < 1.29 is 14.3 Å². The van der Waals surface area contributed by atoms with Gasteiger partial charge in [0.15, 0.2) is 4.87 Å². The quantitative estimate of drug-likeness (QED) is 0.585. The third-order valence-corrected chi connectivity index (χ3v) is 7.94. The number of benzene rings is 3. The van der Waals surface area contributed by atoms with Crippen molar-refractivity contribution in [2.24, 2.45) is 0 Å². The zero-order chi connectivity index (χ0) is 23.7. The van der Waals surface area contributed by atoms with E-state index >= 15 is 0 Å². The zero-order valence-corrected chi connectivity index (χ0v) is 20.1. The van der Waals surface area contributed by atoms with Gasteiger partial charge < -0.3 is 15.0 Å². The predicted octanol–water partition coefficient (Wildman–Crippen LogP) is 4.66. The highest BCUT2D eigenvalue weighted by Gasteiger charge is 2.59. The molecule has 7 heteroatoms. The molecule has 0 unspecified atom stereocenters. The lowest BCUT2D eigenvalue weighted by molar-refractivity contribution is -0.123. The molecule has 3 amide bonds. The van der Waals surface area contributed by atoms with E-state index in [-0.39, 0.29) is 11.9 Å². The molecule has 5 rings (SSSR count). The number of anilines is 1. The van der Waals surface area contributed by atoms with E-state index in [1.54, 1.807) is 12.0 Å². The molecule has 2 aliphatic heterocycles. The van der Waals surface area contributed by atoms with Gasteiger partial charge in [-0.05, 0) is 41.8 Å². The van der Waals surface area contributed by atoms with Gasteiger partial charge in [0.05, 0.1) is 19.3 Å². The van der Waals surface area contributed by atoms with E-state index in [9.17, 15) is 9.59 Å². The molecule has 6 nitrogen and oxygen atoms in total. The number of amides is 3. The Balaban J connectivity index is 1.51. The van der Waals surface area contributed by atoms with Gasteiger partial charge in [-0.3, -0.25) is 9.69 Å². The normalized spacial score (nSPS) is 18.9. The topological polar surface area (TPSA) is 61.9 Å². The maximum Gasteiger partial charge on any atom is 0.319 e. The molecule has 1 atom stereocenters. The maximum absolute atomic E-state index is 14.1. The van der Waals surface area contributed by atoms with Gasteiger partial charge >= 0.3 is 6.03 Å². The molecule has 3 aromatic rings. The van der Waals surface area contributed by atoms with E-state index in [4.69, 9.17) is 4.74 Å². The van der Waals surface area contributed by atoms with Crippen molar-refractivity contribution in [3.8, 4) is 5.75 Å². The molecule has 0 aliphatic carbocycles. The average molecular weight is 474 g/mol. The van der Waals surface area contributed by atoms with Crippen LogP contribution in [-0.4, -0.2) is 36.2 Å². The summed E-state index contributed by atoms with van der Waals surface area (Å²) in [5.41, 5.74) is 4.85. The van der Waals surface area contributed by atoms with Gasteiger partial charge in [-0.15, -0.1) is 11.8 Å². The van der Waals surface area contributed by atoms with Crippen molar-refractivity contribution in [3.63, 3.8) is 0 Å². The molecular weight excluding hydrogens is 446 g/mol. The first kappa shape index (κ1) is 22.3. The molecule has 2 aliphatic rings. The number of hydrogen-bond donors (Lipinski definition) is 1. The van der Waals surface area contributed by atoms with E-state index in [1.807, 2.05) is 84.6 Å². The standard InChI is InChI=1S/C27H27N3O3S/c1-19-8-6-7-11-21(19)18-29-24-13-12-22(33-2)16-23(24)27(25(29)31)30(14-15-34-27)26(32)28-17-20-9-4-3-5-10-20/h3-13,16H,14-15,17-18H2,1-2H3,(H,28,32)/t27-/m1/s1. The summed E-state index contributed by atoms with van der Waals surface area (Å²) in [5, 5.41) is 3.02. The van der Waals surface area contributed by atoms with Crippen LogP contribution in [0.25, 0.3) is 0 Å². The summed E-state index contributed by atoms with van der Waals surface area (Å²) in [7, 11) is 1.61. The van der Waals surface area contributed by atoms with E-state index < -0.39 is 4.87 Å². The fourth-order valence-corrected chi connectivity index (χ4v) is 6.16. The lowest BCUT2D eigenvalue weighted by Gasteiger charge is -2.33. The molecule has 0 bridgehead atoms. The Labute approximate surface area is 203 Å². The van der Waals surface area contributed by atoms with E-state index in [2.05, 4.69) is 5.32 Å². The van der Waals surface area contributed by atoms with Gasteiger partial charge in [0.2, 0.25) is 0 Å². The summed E-state index contributed by atoms with van der Waals surface area (Å²) in [6.07, 6.45) is 0. The van der Waals surface area contributed by atoms with E-state index in [0.29, 0.717) is 31.1 Å². The number of aryl methyl sites for hydroxylation is 1. The van der Waals surface area contributed by atoms with Crippen molar-refractivity contribution >= 4 is 29.4 Å². The number of fused-ring (bicyclic) bond motifs is 2. The number of methoxy groups -OCH3 is 1. The third-order valence-electron chi connectivity index (χ3n) is 6.52. The Kier molecular flexibility index (Phi) is 5.96. The van der Waals surface area contributed by atoms with Gasteiger partial charge in [-0.25, -0.2) is 4.79 Å². The van der Waals surface area contributed by atoms with Crippen molar-refractivity contribution in [3.05, 3.63) is 95.1 Å². The van der Waals surface area contributed by atoms with Crippen LogP contribution in [0.15, 0.2) is 72.8 Å². The maximum atomic E-state index is 14.1. The molecule has 174 valence electrons. The molecular formula is C27H27N3O3S. The van der Waals surface area contributed by atoms with E-state index in [1.165, 1.54) is 11.8 Å². The SMILES string of the molecule is COc1ccc2c(c1)[C@@]1(SCCN1C(=O)NCc1ccccc1)C(=O)N2Cc1ccccc1C. The van der Waals surface area contributed by atoms with Crippen LogP contribution in [0.1, 0.15) is 22.3 Å². The number of carbonyl (C=O) groups is 2. The number of thioether (sulfide) groups is 1. The van der Waals surface area contributed by atoms with Crippen LogP contribution in [0.4, 0.5) is 10.5 Å². The lowest BCUT2D eigenvalue weighted by Crippen LogP contribution is -2.53. The van der Waals surface area contributed by atoms with Crippen LogP contribution >= 0.6 is 11.8 Å². The lowest BCUT2D eigenvalue weighted by atomic mass is 10.1. The highest BCUT2D eigenvalue weighted by molar-refractivity contribution is 8.01. The first-order valence-electron chi connectivity index (χ1n) is 11.3. The highest BCUT2D eigenvalue weighted by atomic mass is 32.2. The van der Waals surface area contributed by atoms with Gasteiger partial charge in [0.1, 0.15) is 5.75 Å². The van der Waals surface area contributed by atoms with Crippen LogP contribution < -0.4 is 15.0 Å². The number of urea groups is 1. The Bertz CT molecular complexity index is 1230. The monoisotopic (exact) mass is 473 g/mol. The molecule has 1 spiro atoms. The van der Waals surface area contributed by atoms with Crippen LogP contribution in [0, 0.1) is 6.92 Å². The smallest absolute Gasteiger partial charge is 0.319 e. The van der Waals surface area contributed by atoms with E-state index in [0.717, 1.165) is 27.9 Å². The fraction of sp³-hybridized carbons (Fsp3) is 0.259. The minimum absolute atomic E-state index is 0.0867. The minimum Gasteiger partial charge on any atom is -0.497 e. The van der Waals surface area contributed by atoms with Crippen molar-refractivity contribution in [1.82, 2.24) is 10.2 Å². The molecule has 1 fully saturated rings. The summed E-state index contributed by atoms with van der Waals surface area (Å²) in [6.45, 7) is 3.40. The molecule has 0 radical (unpaired) electrons. The first-order valence-corrected chi connectivity index (χ1v) is 12.3. The number of nitrogens with one attached hydrogen (secondary N) is 1. The van der Waals surface area contributed by atoms with Crippen molar-refractivity contribution in [1.29, 1.82) is 0 Å². The van der Waals surface area contributed by atoms with Crippen LogP contribution in [0.2, 0.25) is 0 Å². The second kappa shape index (κ2) is 9.06. The van der Waals surface area contributed by atoms with Gasteiger partial charge in [0.25, 0.3) is 5.91 Å². The molecule has 1 N–H and O–H groups in total. The van der Waals surface area contributed by atoms with Crippen molar-refractivity contribution in [2.75, 3.05) is 24.3 Å². The number of nitrogens with zero attached hydrogens (tertiary/aromatic N) is 2. The Morgan fingerprint density at radius 1 is 1.09 bits per heavy atom. The van der Waals surface area contributed by atoms with Crippen LogP contribution in [0.3, 0.4) is 0 Å². The number of carbonyl (C=O) groups excluding carboxylic acids is 2. The van der Waals surface area contributed by atoms with Gasteiger partial charge in [0, 0.05) is 24.4 Å². The summed E-state index contributed by atoms with van der Waals surface area (Å²) < 4.78 is 5.49. The molecule has 0 aromatic heterocycles. The van der Waals surface area contributed by atoms with Gasteiger partial charge in [-0.1, -0.05) is 54.6 Å². The largest absolute Gasteiger partial charge is 0.497 e. The molecule has 34 heavy (non-hydrogen) atoms. The molecule has 2 heterocycles. The Morgan fingerprint density at radius 2 is 1.85 bits per heavy atom. The second-order valence-electron chi connectivity index (χ2n) is 8.49. The third kappa shape index (κ3) is 3.70. The predicted molar refractivity (Wildman–Crippen MR) is 135 cm³/mol. The fourth-order valence-electron chi connectivity index (χ4n) is 4.71. The van der Waals surface area contributed by atoms with Gasteiger partial charge in [-0.2, -0.15) is 0 Å². The number of rotatable bonds is 5. The average Bonchev–Trinajstić information content (AvgIpc) is 3.41. The molecule has 0 saturated carbocycles. The number of ether oxygens (including phenoxy) is 1. The van der Waals surface area contributed by atoms with Crippen LogP contribution in [-0.2, 0) is 22.8 Å². The summed E-state index contributed by atoms with van der Waals surface area (Å²) >= 11 is 1.52. The highest BCUT2D eigenvalue weighted by Crippen LogP contribution is 2.55.